The van der Waals surface area contributed by atoms with Crippen LogP contribution in [0.3, 0.4) is 0 Å². The predicted octanol–water partition coefficient (Wildman–Crippen LogP) is 7.45. The molecule has 0 bridgehead atoms. The SMILES string of the molecule is COc1ccc2c(C(=O)c3ccc(OCCN4CCCCCC4)cc3)c(-c3ccc(C)cc3F)ccc2c1. The molecular weight excluding hydrogens is 477 g/mol. The molecule has 1 fully saturated rings. The van der Waals surface area contributed by atoms with Gasteiger partial charge in [0.25, 0.3) is 0 Å². The highest BCUT2D eigenvalue weighted by atomic mass is 19.1. The fourth-order valence-corrected chi connectivity index (χ4v) is 5.24. The average molecular weight is 512 g/mol. The number of nitrogens with zero attached hydrogens (tertiary/aromatic N) is 1. The molecule has 0 amide bonds. The van der Waals surface area contributed by atoms with Gasteiger partial charge < -0.3 is 9.47 Å². The zero-order valence-electron chi connectivity index (χ0n) is 22.1. The van der Waals surface area contributed by atoms with Gasteiger partial charge in [-0.3, -0.25) is 9.69 Å². The van der Waals surface area contributed by atoms with E-state index in [1.165, 1.54) is 31.7 Å². The summed E-state index contributed by atoms with van der Waals surface area (Å²) in [5, 5.41) is 1.61. The standard InChI is InChI=1S/C33H34FNO3/c1-23-7-14-29(31(34)21-23)30-15-10-25-22-27(37-2)13-16-28(25)32(30)33(36)24-8-11-26(12-9-24)38-20-19-35-17-5-3-4-6-18-35/h7-16,21-22H,3-6,17-20H2,1-2H3. The zero-order chi connectivity index (χ0) is 26.5. The second-order valence-corrected chi connectivity index (χ2v) is 10.0. The van der Waals surface area contributed by atoms with Crippen LogP contribution < -0.4 is 9.47 Å². The second kappa shape index (κ2) is 11.8. The first-order chi connectivity index (χ1) is 18.5. The van der Waals surface area contributed by atoms with Gasteiger partial charge in [0.1, 0.15) is 23.9 Å². The first kappa shape index (κ1) is 25.9. The van der Waals surface area contributed by atoms with Crippen molar-refractivity contribution in [2.75, 3.05) is 33.4 Å². The number of carbonyl (C=O) groups is 1. The van der Waals surface area contributed by atoms with Gasteiger partial charge in [-0.05, 0) is 103 Å². The van der Waals surface area contributed by atoms with Crippen molar-refractivity contribution < 1.29 is 18.7 Å². The first-order valence-electron chi connectivity index (χ1n) is 13.4. The van der Waals surface area contributed by atoms with Crippen LogP contribution in [0.4, 0.5) is 4.39 Å². The number of aryl methyl sites for hydroxylation is 1. The van der Waals surface area contributed by atoms with E-state index in [0.29, 0.717) is 34.6 Å². The van der Waals surface area contributed by atoms with E-state index in [1.807, 2.05) is 55.5 Å². The quantitative estimate of drug-likeness (QED) is 0.230. The number of benzene rings is 4. The minimum Gasteiger partial charge on any atom is -0.497 e. The molecule has 4 aromatic rings. The summed E-state index contributed by atoms with van der Waals surface area (Å²) >= 11 is 0. The maximum atomic E-state index is 15.1. The van der Waals surface area contributed by atoms with E-state index in [1.54, 1.807) is 25.3 Å². The van der Waals surface area contributed by atoms with Gasteiger partial charge in [-0.1, -0.05) is 37.1 Å². The third kappa shape index (κ3) is 5.73. The monoisotopic (exact) mass is 511 g/mol. The van der Waals surface area contributed by atoms with Crippen molar-refractivity contribution in [3.8, 4) is 22.6 Å². The van der Waals surface area contributed by atoms with Crippen molar-refractivity contribution in [2.45, 2.75) is 32.6 Å². The number of methoxy groups -OCH3 is 1. The van der Waals surface area contributed by atoms with Crippen LogP contribution in [-0.2, 0) is 0 Å². The number of rotatable bonds is 8. The van der Waals surface area contributed by atoms with Crippen molar-refractivity contribution in [3.63, 3.8) is 0 Å². The topological polar surface area (TPSA) is 38.8 Å². The van der Waals surface area contributed by atoms with E-state index in [-0.39, 0.29) is 11.6 Å². The summed E-state index contributed by atoms with van der Waals surface area (Å²) in [7, 11) is 1.61. The molecule has 0 unspecified atom stereocenters. The van der Waals surface area contributed by atoms with Gasteiger partial charge in [-0.15, -0.1) is 0 Å². The van der Waals surface area contributed by atoms with Crippen LogP contribution in [0.25, 0.3) is 21.9 Å². The molecule has 0 aliphatic carbocycles. The summed E-state index contributed by atoms with van der Waals surface area (Å²) in [6, 6.07) is 21.7. The van der Waals surface area contributed by atoms with E-state index in [9.17, 15) is 4.79 Å². The van der Waals surface area contributed by atoms with Gasteiger partial charge in [-0.2, -0.15) is 0 Å². The largest absolute Gasteiger partial charge is 0.497 e. The van der Waals surface area contributed by atoms with E-state index in [4.69, 9.17) is 9.47 Å². The lowest BCUT2D eigenvalue weighted by Crippen LogP contribution is -2.29. The van der Waals surface area contributed by atoms with E-state index in [2.05, 4.69) is 4.90 Å². The Morgan fingerprint density at radius 3 is 2.26 bits per heavy atom. The number of fused-ring (bicyclic) bond motifs is 1. The highest BCUT2D eigenvalue weighted by Gasteiger charge is 2.21. The Bertz CT molecular complexity index is 1420. The minimum absolute atomic E-state index is 0.160. The smallest absolute Gasteiger partial charge is 0.194 e. The van der Waals surface area contributed by atoms with Crippen molar-refractivity contribution >= 4 is 16.6 Å². The molecule has 0 radical (unpaired) electrons. The molecule has 38 heavy (non-hydrogen) atoms. The molecule has 1 saturated heterocycles. The normalized spacial score (nSPS) is 14.3. The summed E-state index contributed by atoms with van der Waals surface area (Å²) in [4.78, 5) is 16.4. The van der Waals surface area contributed by atoms with Crippen LogP contribution in [0, 0.1) is 12.7 Å². The van der Waals surface area contributed by atoms with Crippen molar-refractivity contribution in [1.29, 1.82) is 0 Å². The van der Waals surface area contributed by atoms with E-state index in [0.717, 1.165) is 41.7 Å². The zero-order valence-corrected chi connectivity index (χ0v) is 22.1. The van der Waals surface area contributed by atoms with Crippen LogP contribution in [0.1, 0.15) is 47.2 Å². The van der Waals surface area contributed by atoms with E-state index >= 15 is 4.39 Å². The maximum absolute atomic E-state index is 15.1. The number of ether oxygens (including phenoxy) is 2. The molecule has 4 nitrogen and oxygen atoms in total. The Kier molecular flexibility index (Phi) is 8.04. The molecule has 0 spiro atoms. The van der Waals surface area contributed by atoms with Gasteiger partial charge in [-0.25, -0.2) is 4.39 Å². The molecule has 196 valence electrons. The molecule has 1 aliphatic rings. The number of hydrogen-bond donors (Lipinski definition) is 0. The highest BCUT2D eigenvalue weighted by Crippen LogP contribution is 2.35. The third-order valence-corrected chi connectivity index (χ3v) is 7.36. The van der Waals surface area contributed by atoms with Crippen LogP contribution in [0.5, 0.6) is 11.5 Å². The number of ketones is 1. The first-order valence-corrected chi connectivity index (χ1v) is 13.4. The summed E-state index contributed by atoms with van der Waals surface area (Å²) < 4.78 is 26.4. The predicted molar refractivity (Wildman–Crippen MR) is 151 cm³/mol. The second-order valence-electron chi connectivity index (χ2n) is 10.0. The van der Waals surface area contributed by atoms with Crippen LogP contribution >= 0.6 is 0 Å². The molecule has 4 aromatic carbocycles. The Hall–Kier alpha value is -3.70. The third-order valence-electron chi connectivity index (χ3n) is 7.36. The summed E-state index contributed by atoms with van der Waals surface area (Å²) in [5.41, 5.74) is 2.81. The van der Waals surface area contributed by atoms with Crippen LogP contribution in [-0.4, -0.2) is 44.0 Å². The van der Waals surface area contributed by atoms with Gasteiger partial charge >= 0.3 is 0 Å². The van der Waals surface area contributed by atoms with Gasteiger partial charge in [0, 0.05) is 23.2 Å². The number of halogens is 1. The maximum Gasteiger partial charge on any atom is 0.194 e. The lowest BCUT2D eigenvalue weighted by molar-refractivity contribution is 0.104. The molecule has 1 heterocycles. The molecule has 1 aliphatic heterocycles. The lowest BCUT2D eigenvalue weighted by atomic mass is 9.89. The summed E-state index contributed by atoms with van der Waals surface area (Å²) in [6.07, 6.45) is 5.14. The van der Waals surface area contributed by atoms with Crippen LogP contribution in [0.15, 0.2) is 72.8 Å². The number of carbonyl (C=O) groups excluding carboxylic acids is 1. The number of hydrogen-bond acceptors (Lipinski definition) is 4. The molecule has 5 rings (SSSR count). The van der Waals surface area contributed by atoms with Gasteiger partial charge in [0.05, 0.1) is 7.11 Å². The Morgan fingerprint density at radius 2 is 1.55 bits per heavy atom. The minimum atomic E-state index is -0.347. The van der Waals surface area contributed by atoms with Crippen molar-refractivity contribution in [1.82, 2.24) is 4.90 Å². The lowest BCUT2D eigenvalue weighted by Gasteiger charge is -2.19. The van der Waals surface area contributed by atoms with Crippen LogP contribution in [0.2, 0.25) is 0 Å². The molecule has 0 aromatic heterocycles. The van der Waals surface area contributed by atoms with Gasteiger partial charge in [0.15, 0.2) is 5.78 Å². The Labute approximate surface area is 224 Å². The fourth-order valence-electron chi connectivity index (χ4n) is 5.24. The van der Waals surface area contributed by atoms with E-state index < -0.39 is 0 Å². The summed E-state index contributed by atoms with van der Waals surface area (Å²) in [6.45, 7) is 5.65. The Morgan fingerprint density at radius 1 is 0.842 bits per heavy atom. The number of likely N-dealkylation sites (tertiary alicyclic amines) is 1. The molecule has 0 saturated carbocycles. The fraction of sp³-hybridized carbons (Fsp3) is 0.303. The van der Waals surface area contributed by atoms with Crippen molar-refractivity contribution in [3.05, 3.63) is 95.3 Å². The molecular formula is C33H34FNO3. The van der Waals surface area contributed by atoms with Crippen molar-refractivity contribution in [2.24, 2.45) is 0 Å². The molecule has 0 N–H and O–H groups in total. The average Bonchev–Trinajstić information content (AvgIpc) is 3.21. The summed E-state index contributed by atoms with van der Waals surface area (Å²) in [5.74, 6) is 0.933. The van der Waals surface area contributed by atoms with Gasteiger partial charge in [0.2, 0.25) is 0 Å². The molecule has 0 atom stereocenters. The highest BCUT2D eigenvalue weighted by molar-refractivity contribution is 6.20. The molecule has 5 heteroatoms. The Balaban J connectivity index is 1.43.